The van der Waals surface area contributed by atoms with Crippen LogP contribution in [-0.4, -0.2) is 24.7 Å². The molecule has 0 bridgehead atoms. The molecule has 0 radical (unpaired) electrons. The van der Waals surface area contributed by atoms with E-state index in [1.807, 2.05) is 19.9 Å². The van der Waals surface area contributed by atoms with Crippen LogP contribution in [0.2, 0.25) is 0 Å². The summed E-state index contributed by atoms with van der Waals surface area (Å²) in [5.74, 6) is 1.87. The smallest absolute Gasteiger partial charge is 0.174 e. The summed E-state index contributed by atoms with van der Waals surface area (Å²) in [4.78, 5) is 13.6. The second-order valence-electron chi connectivity index (χ2n) is 6.23. The standard InChI is InChI=1S/C17H22N6S/c1-10(2)17-20-14(9-24-17)13(5)19-15-7-18-8-16(21-15)23-12(4)6-11(3)22-23/h6-10,13H,1-5H3,(H,19,21). The Bertz CT molecular complexity index is 835. The molecule has 0 amide bonds. The minimum Gasteiger partial charge on any atom is -0.361 e. The summed E-state index contributed by atoms with van der Waals surface area (Å²) in [5.41, 5.74) is 3.03. The van der Waals surface area contributed by atoms with Crippen LogP contribution in [0.5, 0.6) is 0 Å². The molecule has 0 aliphatic rings. The predicted octanol–water partition coefficient (Wildman–Crippen LogP) is 4.03. The molecule has 1 N–H and O–H groups in total. The van der Waals surface area contributed by atoms with E-state index in [1.54, 1.807) is 28.4 Å². The van der Waals surface area contributed by atoms with Gasteiger partial charge in [0.15, 0.2) is 5.82 Å². The highest BCUT2D eigenvalue weighted by atomic mass is 32.1. The van der Waals surface area contributed by atoms with Crippen molar-refractivity contribution < 1.29 is 0 Å². The lowest BCUT2D eigenvalue weighted by Gasteiger charge is -2.13. The van der Waals surface area contributed by atoms with Crippen molar-refractivity contribution in [3.8, 4) is 5.82 Å². The minimum atomic E-state index is 0.0683. The van der Waals surface area contributed by atoms with Crippen LogP contribution in [-0.2, 0) is 0 Å². The molecule has 3 aromatic rings. The van der Waals surface area contributed by atoms with Gasteiger partial charge >= 0.3 is 0 Å². The Morgan fingerprint density at radius 1 is 1.12 bits per heavy atom. The number of aromatic nitrogens is 5. The maximum atomic E-state index is 4.69. The molecule has 24 heavy (non-hydrogen) atoms. The van der Waals surface area contributed by atoms with Crippen molar-refractivity contribution in [3.05, 3.63) is 45.9 Å². The Balaban J connectivity index is 1.80. The number of hydrogen-bond acceptors (Lipinski definition) is 6. The van der Waals surface area contributed by atoms with Gasteiger partial charge < -0.3 is 5.32 Å². The van der Waals surface area contributed by atoms with Gasteiger partial charge in [-0.25, -0.2) is 14.6 Å². The van der Waals surface area contributed by atoms with Gasteiger partial charge in [0.05, 0.1) is 34.8 Å². The third-order valence-electron chi connectivity index (χ3n) is 3.69. The van der Waals surface area contributed by atoms with Crippen LogP contribution < -0.4 is 5.32 Å². The molecule has 1 atom stereocenters. The zero-order chi connectivity index (χ0) is 17.3. The van der Waals surface area contributed by atoms with E-state index < -0.39 is 0 Å². The maximum absolute atomic E-state index is 4.69. The van der Waals surface area contributed by atoms with Gasteiger partial charge in [-0.2, -0.15) is 5.10 Å². The monoisotopic (exact) mass is 342 g/mol. The van der Waals surface area contributed by atoms with E-state index in [0.29, 0.717) is 17.6 Å². The fraction of sp³-hybridized carbons (Fsp3) is 0.412. The highest BCUT2D eigenvalue weighted by Crippen LogP contribution is 2.24. The highest BCUT2D eigenvalue weighted by molar-refractivity contribution is 7.09. The van der Waals surface area contributed by atoms with Crippen molar-refractivity contribution >= 4 is 17.2 Å². The van der Waals surface area contributed by atoms with Crippen molar-refractivity contribution in [2.45, 2.75) is 46.6 Å². The highest BCUT2D eigenvalue weighted by Gasteiger charge is 2.13. The van der Waals surface area contributed by atoms with Crippen LogP contribution in [0, 0.1) is 13.8 Å². The second kappa shape index (κ2) is 6.68. The molecule has 0 saturated heterocycles. The molecule has 0 aromatic carbocycles. The van der Waals surface area contributed by atoms with Crippen LogP contribution >= 0.6 is 11.3 Å². The quantitative estimate of drug-likeness (QED) is 0.758. The van der Waals surface area contributed by atoms with Crippen LogP contribution in [0.25, 0.3) is 5.82 Å². The molecule has 0 aliphatic carbocycles. The maximum Gasteiger partial charge on any atom is 0.174 e. The van der Waals surface area contributed by atoms with Crippen LogP contribution in [0.4, 0.5) is 5.82 Å². The van der Waals surface area contributed by atoms with Gasteiger partial charge in [0, 0.05) is 17.0 Å². The first-order valence-electron chi connectivity index (χ1n) is 8.01. The minimum absolute atomic E-state index is 0.0683. The first kappa shape index (κ1) is 16.6. The number of aryl methyl sites for hydroxylation is 2. The zero-order valence-corrected chi connectivity index (χ0v) is 15.4. The van der Waals surface area contributed by atoms with Crippen LogP contribution in [0.3, 0.4) is 0 Å². The molecular weight excluding hydrogens is 320 g/mol. The van der Waals surface area contributed by atoms with Gasteiger partial charge in [-0.1, -0.05) is 13.8 Å². The number of rotatable bonds is 5. The summed E-state index contributed by atoms with van der Waals surface area (Å²) >= 11 is 1.70. The molecule has 3 heterocycles. The molecule has 126 valence electrons. The molecule has 0 spiro atoms. The van der Waals surface area contributed by atoms with Crippen molar-refractivity contribution in [3.63, 3.8) is 0 Å². The SMILES string of the molecule is Cc1cc(C)n(-c2cncc(NC(C)c3csc(C(C)C)n3)n2)n1. The topological polar surface area (TPSA) is 68.5 Å². The Hall–Kier alpha value is -2.28. The third kappa shape index (κ3) is 3.46. The molecule has 0 fully saturated rings. The number of anilines is 1. The largest absolute Gasteiger partial charge is 0.361 e. The molecule has 1 unspecified atom stereocenters. The van der Waals surface area contributed by atoms with Crippen molar-refractivity contribution in [2.24, 2.45) is 0 Å². The van der Waals surface area contributed by atoms with E-state index in [0.717, 1.165) is 22.1 Å². The number of nitrogens with zero attached hydrogens (tertiary/aromatic N) is 5. The zero-order valence-electron chi connectivity index (χ0n) is 14.6. The molecule has 3 rings (SSSR count). The van der Waals surface area contributed by atoms with E-state index in [1.165, 1.54) is 0 Å². The van der Waals surface area contributed by atoms with Gasteiger partial charge in [0.2, 0.25) is 0 Å². The molecule has 0 aliphatic heterocycles. The number of hydrogen-bond donors (Lipinski definition) is 1. The lowest BCUT2D eigenvalue weighted by atomic mass is 10.2. The molecule has 6 nitrogen and oxygen atoms in total. The molecule has 3 aromatic heterocycles. The van der Waals surface area contributed by atoms with E-state index >= 15 is 0 Å². The van der Waals surface area contributed by atoms with Crippen molar-refractivity contribution in [1.82, 2.24) is 24.7 Å². The van der Waals surface area contributed by atoms with Gasteiger partial charge in [-0.05, 0) is 26.8 Å². The van der Waals surface area contributed by atoms with E-state index in [9.17, 15) is 0 Å². The van der Waals surface area contributed by atoms with Crippen molar-refractivity contribution in [1.29, 1.82) is 0 Å². The molecule has 0 saturated carbocycles. The second-order valence-corrected chi connectivity index (χ2v) is 7.12. The average Bonchev–Trinajstić information content (AvgIpc) is 3.14. The Labute approximate surface area is 146 Å². The summed E-state index contributed by atoms with van der Waals surface area (Å²) in [6.45, 7) is 10.4. The summed E-state index contributed by atoms with van der Waals surface area (Å²) in [7, 11) is 0. The summed E-state index contributed by atoms with van der Waals surface area (Å²) in [5, 5.41) is 11.1. The van der Waals surface area contributed by atoms with E-state index in [2.05, 4.69) is 46.5 Å². The third-order valence-corrected chi connectivity index (χ3v) is 4.85. The van der Waals surface area contributed by atoms with Gasteiger partial charge in [-0.3, -0.25) is 4.98 Å². The summed E-state index contributed by atoms with van der Waals surface area (Å²) in [6.07, 6.45) is 3.44. The van der Waals surface area contributed by atoms with E-state index in [4.69, 9.17) is 4.98 Å². The van der Waals surface area contributed by atoms with E-state index in [-0.39, 0.29) is 6.04 Å². The fourth-order valence-corrected chi connectivity index (χ4v) is 3.38. The number of nitrogens with one attached hydrogen (secondary N) is 1. The lowest BCUT2D eigenvalue weighted by molar-refractivity contribution is 0.781. The van der Waals surface area contributed by atoms with Gasteiger partial charge in [-0.15, -0.1) is 11.3 Å². The number of thiazole rings is 1. The summed E-state index contributed by atoms with van der Waals surface area (Å²) in [6, 6.07) is 2.09. The molecule has 7 heteroatoms. The summed E-state index contributed by atoms with van der Waals surface area (Å²) < 4.78 is 1.80. The lowest BCUT2D eigenvalue weighted by Crippen LogP contribution is -2.11. The van der Waals surface area contributed by atoms with Gasteiger partial charge in [0.1, 0.15) is 5.82 Å². The normalized spacial score (nSPS) is 12.6. The fourth-order valence-electron chi connectivity index (χ4n) is 2.45. The van der Waals surface area contributed by atoms with Crippen LogP contribution in [0.1, 0.15) is 54.8 Å². The predicted molar refractivity (Wildman–Crippen MR) is 96.9 cm³/mol. The Morgan fingerprint density at radius 2 is 1.92 bits per heavy atom. The van der Waals surface area contributed by atoms with Gasteiger partial charge in [0.25, 0.3) is 0 Å². The Morgan fingerprint density at radius 3 is 2.54 bits per heavy atom. The first-order chi connectivity index (χ1) is 11.4. The molecular formula is C17H22N6S. The van der Waals surface area contributed by atoms with Crippen molar-refractivity contribution in [2.75, 3.05) is 5.32 Å². The average molecular weight is 342 g/mol. The first-order valence-corrected chi connectivity index (χ1v) is 8.89. The van der Waals surface area contributed by atoms with Crippen LogP contribution in [0.15, 0.2) is 23.8 Å². The Kier molecular flexibility index (Phi) is 4.62.